The van der Waals surface area contributed by atoms with Gasteiger partial charge in [-0.2, -0.15) is 0 Å². The van der Waals surface area contributed by atoms with Gasteiger partial charge in [-0.1, -0.05) is 38.5 Å². The van der Waals surface area contributed by atoms with Crippen LogP contribution in [0.1, 0.15) is 74.6 Å². The summed E-state index contributed by atoms with van der Waals surface area (Å²) in [6.45, 7) is 1.43. The van der Waals surface area contributed by atoms with Gasteiger partial charge in [0.05, 0.1) is 25.9 Å². The molecule has 0 saturated heterocycles. The number of rotatable bonds is 7. The zero-order chi connectivity index (χ0) is 18.2. The monoisotopic (exact) mass is 360 g/mol. The summed E-state index contributed by atoms with van der Waals surface area (Å²) in [7, 11) is 1.40. The van der Waals surface area contributed by atoms with E-state index in [0.29, 0.717) is 42.1 Å². The second-order valence-electron chi connectivity index (χ2n) is 7.81. The van der Waals surface area contributed by atoms with Crippen LogP contribution in [0.4, 0.5) is 0 Å². The minimum absolute atomic E-state index is 0.351. The summed E-state index contributed by atoms with van der Waals surface area (Å²) in [4.78, 5) is 12.0. The zero-order valence-electron chi connectivity index (χ0n) is 16.0. The van der Waals surface area contributed by atoms with E-state index in [9.17, 15) is 4.79 Å². The summed E-state index contributed by atoms with van der Waals surface area (Å²) in [5, 5.41) is 0. The number of carbonyl (C=O) groups is 1. The minimum Gasteiger partial charge on any atom is -0.493 e. The van der Waals surface area contributed by atoms with E-state index in [-0.39, 0.29) is 5.97 Å². The van der Waals surface area contributed by atoms with Crippen molar-refractivity contribution in [2.75, 3.05) is 20.3 Å². The highest BCUT2D eigenvalue weighted by Gasteiger charge is 2.17. The Labute approximate surface area is 157 Å². The van der Waals surface area contributed by atoms with Gasteiger partial charge in [-0.05, 0) is 49.7 Å². The molecule has 0 bridgehead atoms. The molecule has 2 saturated carbocycles. The highest BCUT2D eigenvalue weighted by Crippen LogP contribution is 2.29. The van der Waals surface area contributed by atoms with Crippen molar-refractivity contribution >= 4 is 5.97 Å². The van der Waals surface area contributed by atoms with Gasteiger partial charge in [-0.3, -0.25) is 0 Å². The molecular weight excluding hydrogens is 328 g/mol. The van der Waals surface area contributed by atoms with Gasteiger partial charge in [0.1, 0.15) is 11.5 Å². The third kappa shape index (κ3) is 5.65. The van der Waals surface area contributed by atoms with E-state index in [1.807, 2.05) is 6.07 Å². The predicted molar refractivity (Wildman–Crippen MR) is 102 cm³/mol. The molecule has 1 aromatic rings. The summed E-state index contributed by atoms with van der Waals surface area (Å²) in [6, 6.07) is 5.45. The largest absolute Gasteiger partial charge is 0.493 e. The van der Waals surface area contributed by atoms with E-state index >= 15 is 0 Å². The van der Waals surface area contributed by atoms with Gasteiger partial charge in [-0.15, -0.1) is 0 Å². The molecule has 0 radical (unpaired) electrons. The normalized spacial score (nSPS) is 19.1. The van der Waals surface area contributed by atoms with E-state index in [4.69, 9.17) is 14.2 Å². The van der Waals surface area contributed by atoms with Crippen LogP contribution in [0, 0.1) is 11.8 Å². The van der Waals surface area contributed by atoms with Crippen molar-refractivity contribution in [1.82, 2.24) is 0 Å². The lowest BCUT2D eigenvalue weighted by molar-refractivity contribution is 0.0599. The Hall–Kier alpha value is -1.71. The highest BCUT2D eigenvalue weighted by atomic mass is 16.5. The number of hydrogen-bond donors (Lipinski definition) is 0. The molecule has 26 heavy (non-hydrogen) atoms. The maximum absolute atomic E-state index is 12.0. The lowest BCUT2D eigenvalue weighted by atomic mass is 9.90. The Bertz CT molecular complexity index is 531. The molecule has 2 aliphatic rings. The molecule has 4 nitrogen and oxygen atoms in total. The number of hydrogen-bond acceptors (Lipinski definition) is 4. The van der Waals surface area contributed by atoms with Gasteiger partial charge in [0.2, 0.25) is 0 Å². The van der Waals surface area contributed by atoms with Crippen molar-refractivity contribution in [3.63, 3.8) is 0 Å². The maximum atomic E-state index is 12.0. The van der Waals surface area contributed by atoms with Crippen LogP contribution in [-0.4, -0.2) is 26.3 Å². The molecular formula is C22H32O4. The lowest BCUT2D eigenvalue weighted by Gasteiger charge is -2.23. The topological polar surface area (TPSA) is 44.8 Å². The molecule has 0 N–H and O–H groups in total. The molecule has 144 valence electrons. The average Bonchev–Trinajstić information content (AvgIpc) is 2.71. The molecule has 1 aromatic carbocycles. The van der Waals surface area contributed by atoms with Crippen LogP contribution in [0.2, 0.25) is 0 Å². The van der Waals surface area contributed by atoms with E-state index in [1.165, 1.54) is 71.3 Å². The van der Waals surface area contributed by atoms with E-state index < -0.39 is 0 Å². The Morgan fingerprint density at radius 2 is 1.27 bits per heavy atom. The number of esters is 1. The average molecular weight is 360 g/mol. The van der Waals surface area contributed by atoms with Gasteiger partial charge in [0.25, 0.3) is 0 Å². The summed E-state index contributed by atoms with van der Waals surface area (Å²) in [6.07, 6.45) is 12.8. The second-order valence-corrected chi connectivity index (χ2v) is 7.81. The van der Waals surface area contributed by atoms with Crippen molar-refractivity contribution in [3.05, 3.63) is 23.8 Å². The fraction of sp³-hybridized carbons (Fsp3) is 0.682. The SMILES string of the molecule is COC(=O)c1cc(OCC2CCCCC2)cc(OCC2CCCCC2)c1. The number of benzene rings is 1. The molecule has 0 unspecified atom stereocenters. The Kier molecular flexibility index (Phi) is 7.22. The standard InChI is InChI=1S/C22H32O4/c1-24-22(23)19-12-20(25-15-17-8-4-2-5-9-17)14-21(13-19)26-16-18-10-6-3-7-11-18/h12-14,17-18H,2-11,15-16H2,1H3. The predicted octanol–water partition coefficient (Wildman–Crippen LogP) is 5.39. The summed E-state index contributed by atoms with van der Waals surface area (Å²) in [5.74, 6) is 2.30. The lowest BCUT2D eigenvalue weighted by Crippen LogP contribution is -2.16. The summed E-state index contributed by atoms with van der Waals surface area (Å²) >= 11 is 0. The third-order valence-electron chi connectivity index (χ3n) is 5.72. The Morgan fingerprint density at radius 1 is 0.808 bits per heavy atom. The van der Waals surface area contributed by atoms with Crippen molar-refractivity contribution in [2.45, 2.75) is 64.2 Å². The first kappa shape index (κ1) is 19.1. The molecule has 0 amide bonds. The van der Waals surface area contributed by atoms with Crippen LogP contribution in [0.3, 0.4) is 0 Å². The molecule has 2 aliphatic carbocycles. The van der Waals surface area contributed by atoms with Gasteiger partial charge >= 0.3 is 5.97 Å². The van der Waals surface area contributed by atoms with Crippen molar-refractivity contribution in [3.8, 4) is 11.5 Å². The van der Waals surface area contributed by atoms with E-state index in [1.54, 1.807) is 12.1 Å². The molecule has 0 atom stereocenters. The zero-order valence-corrected chi connectivity index (χ0v) is 16.0. The van der Waals surface area contributed by atoms with Gasteiger partial charge < -0.3 is 14.2 Å². The van der Waals surface area contributed by atoms with Crippen LogP contribution in [0.15, 0.2) is 18.2 Å². The van der Waals surface area contributed by atoms with Crippen LogP contribution in [0.5, 0.6) is 11.5 Å². The fourth-order valence-electron chi connectivity index (χ4n) is 4.11. The number of carbonyl (C=O) groups excluding carboxylic acids is 1. The third-order valence-corrected chi connectivity index (χ3v) is 5.72. The molecule has 0 aromatic heterocycles. The number of ether oxygens (including phenoxy) is 3. The van der Waals surface area contributed by atoms with E-state index in [0.717, 1.165) is 0 Å². The van der Waals surface area contributed by atoms with E-state index in [2.05, 4.69) is 0 Å². The van der Waals surface area contributed by atoms with Gasteiger partial charge in [0.15, 0.2) is 0 Å². The quantitative estimate of drug-likeness (QED) is 0.611. The molecule has 0 aliphatic heterocycles. The first-order chi connectivity index (χ1) is 12.7. The molecule has 4 heteroatoms. The van der Waals surface area contributed by atoms with Crippen LogP contribution < -0.4 is 9.47 Å². The van der Waals surface area contributed by atoms with Gasteiger partial charge in [0, 0.05) is 6.07 Å². The van der Waals surface area contributed by atoms with Crippen LogP contribution >= 0.6 is 0 Å². The van der Waals surface area contributed by atoms with Crippen molar-refractivity contribution < 1.29 is 19.0 Å². The molecule has 2 fully saturated rings. The molecule has 0 spiro atoms. The highest BCUT2D eigenvalue weighted by molar-refractivity contribution is 5.90. The smallest absolute Gasteiger partial charge is 0.338 e. The van der Waals surface area contributed by atoms with Crippen molar-refractivity contribution in [1.29, 1.82) is 0 Å². The second kappa shape index (κ2) is 9.84. The minimum atomic E-state index is -0.351. The molecule has 3 rings (SSSR count). The summed E-state index contributed by atoms with van der Waals surface area (Å²) in [5.41, 5.74) is 0.493. The summed E-state index contributed by atoms with van der Waals surface area (Å²) < 4.78 is 16.9. The molecule has 0 heterocycles. The number of methoxy groups -OCH3 is 1. The van der Waals surface area contributed by atoms with Crippen molar-refractivity contribution in [2.24, 2.45) is 11.8 Å². The van der Waals surface area contributed by atoms with Crippen LogP contribution in [-0.2, 0) is 4.74 Å². The first-order valence-corrected chi connectivity index (χ1v) is 10.2. The Balaban J connectivity index is 1.63. The van der Waals surface area contributed by atoms with Crippen LogP contribution in [0.25, 0.3) is 0 Å². The van der Waals surface area contributed by atoms with Gasteiger partial charge in [-0.25, -0.2) is 4.79 Å². The maximum Gasteiger partial charge on any atom is 0.338 e. The fourth-order valence-corrected chi connectivity index (χ4v) is 4.11. The Morgan fingerprint density at radius 3 is 1.69 bits per heavy atom. The first-order valence-electron chi connectivity index (χ1n) is 10.2.